The molecule has 1 aromatic heterocycles. The van der Waals surface area contributed by atoms with Crippen molar-refractivity contribution in [3.63, 3.8) is 0 Å². The number of hydrogen-bond acceptors (Lipinski definition) is 5. The molecule has 118 valence electrons. The van der Waals surface area contributed by atoms with Crippen molar-refractivity contribution in [3.05, 3.63) is 33.6 Å². The number of fused-ring (bicyclic) bond motifs is 1. The highest BCUT2D eigenvalue weighted by molar-refractivity contribution is 6.36. The van der Waals surface area contributed by atoms with Crippen LogP contribution in [0, 0.1) is 0 Å². The number of nitrogens with one attached hydrogen (secondary N) is 1. The summed E-state index contributed by atoms with van der Waals surface area (Å²) >= 11 is 6.09. The molecule has 0 aliphatic carbocycles. The largest absolute Gasteiger partial charge is 0.467 e. The van der Waals surface area contributed by atoms with Gasteiger partial charge in [0.1, 0.15) is 10.6 Å². The van der Waals surface area contributed by atoms with Crippen LogP contribution in [0.25, 0.3) is 10.8 Å². The first-order valence-electron chi connectivity index (χ1n) is 6.51. The molecule has 1 aromatic carbocycles. The Kier molecular flexibility index (Phi) is 4.32. The summed E-state index contributed by atoms with van der Waals surface area (Å²) in [6, 6.07) is 4.68. The van der Waals surface area contributed by atoms with E-state index in [2.05, 4.69) is 5.32 Å². The Hall–Kier alpha value is -2.21. The highest BCUT2D eigenvalue weighted by atomic mass is 35.5. The summed E-state index contributed by atoms with van der Waals surface area (Å²) in [5.74, 6) is -0.0491. The van der Waals surface area contributed by atoms with E-state index < -0.39 is 17.3 Å². The van der Waals surface area contributed by atoms with Crippen molar-refractivity contribution in [2.75, 3.05) is 12.4 Å². The predicted molar refractivity (Wildman–Crippen MR) is 83.9 cm³/mol. The Morgan fingerprint density at radius 3 is 2.55 bits per heavy atom. The minimum absolute atomic E-state index is 0.0491. The smallest absolute Gasteiger partial charge is 0.412 e. The maximum absolute atomic E-state index is 11.9. The molecule has 1 amide bonds. The maximum Gasteiger partial charge on any atom is 0.412 e. The van der Waals surface area contributed by atoms with Crippen molar-refractivity contribution in [1.82, 2.24) is 0 Å². The zero-order valence-corrected chi connectivity index (χ0v) is 13.4. The molecule has 0 bridgehead atoms. The molecule has 1 heterocycles. The van der Waals surface area contributed by atoms with Crippen LogP contribution in [0.15, 0.2) is 27.4 Å². The van der Waals surface area contributed by atoms with Gasteiger partial charge >= 0.3 is 17.7 Å². The Morgan fingerprint density at radius 2 is 1.95 bits per heavy atom. The number of benzene rings is 1. The van der Waals surface area contributed by atoms with Crippen molar-refractivity contribution in [2.24, 2.45) is 0 Å². The van der Waals surface area contributed by atoms with E-state index in [0.717, 1.165) is 0 Å². The summed E-state index contributed by atoms with van der Waals surface area (Å²) in [4.78, 5) is 23.7. The van der Waals surface area contributed by atoms with Crippen LogP contribution >= 0.6 is 11.6 Å². The van der Waals surface area contributed by atoms with E-state index in [0.29, 0.717) is 11.1 Å². The fourth-order valence-electron chi connectivity index (χ4n) is 1.83. The minimum Gasteiger partial charge on any atom is -0.467 e. The fraction of sp³-hybridized carbons (Fsp3) is 0.333. The Balaban J connectivity index is 2.38. The SMILES string of the molecule is COc1oc(=O)c2cc(NC(=O)OC(C)(C)C)ccc2c1Cl. The Bertz CT molecular complexity index is 776. The zero-order valence-electron chi connectivity index (χ0n) is 12.7. The average molecular weight is 326 g/mol. The van der Waals surface area contributed by atoms with Crippen molar-refractivity contribution in [3.8, 4) is 5.95 Å². The summed E-state index contributed by atoms with van der Waals surface area (Å²) in [6.45, 7) is 5.27. The lowest BCUT2D eigenvalue weighted by molar-refractivity contribution is 0.0636. The molecule has 0 spiro atoms. The lowest BCUT2D eigenvalue weighted by Crippen LogP contribution is -2.27. The second-order valence-electron chi connectivity index (χ2n) is 5.58. The molecule has 0 saturated heterocycles. The standard InChI is InChI=1S/C15H16ClNO5/c1-15(2,3)22-14(19)17-8-5-6-9-10(7-8)12(18)21-13(20-4)11(9)16/h5-7H,1-4H3,(H,17,19). The molecular formula is C15H16ClNO5. The van der Waals surface area contributed by atoms with Gasteiger partial charge in [-0.05, 0) is 32.9 Å². The fourth-order valence-corrected chi connectivity index (χ4v) is 2.11. The van der Waals surface area contributed by atoms with Crippen molar-refractivity contribution >= 4 is 34.2 Å². The van der Waals surface area contributed by atoms with Gasteiger partial charge in [0.05, 0.1) is 12.5 Å². The third kappa shape index (κ3) is 3.51. The molecule has 0 fully saturated rings. The molecule has 0 aliphatic rings. The maximum atomic E-state index is 11.9. The van der Waals surface area contributed by atoms with Crippen LogP contribution in [0.3, 0.4) is 0 Å². The Labute approximate surface area is 132 Å². The number of carbonyl (C=O) groups excluding carboxylic acids is 1. The first kappa shape index (κ1) is 16.2. The molecule has 2 aromatic rings. The van der Waals surface area contributed by atoms with Crippen LogP contribution in [0.1, 0.15) is 20.8 Å². The molecule has 2 rings (SSSR count). The number of amides is 1. The van der Waals surface area contributed by atoms with E-state index in [-0.39, 0.29) is 16.4 Å². The number of ether oxygens (including phenoxy) is 2. The van der Waals surface area contributed by atoms with E-state index in [1.807, 2.05) is 0 Å². The number of carbonyl (C=O) groups is 1. The van der Waals surface area contributed by atoms with E-state index in [1.54, 1.807) is 32.9 Å². The van der Waals surface area contributed by atoms with Gasteiger partial charge in [-0.3, -0.25) is 5.32 Å². The molecular weight excluding hydrogens is 310 g/mol. The molecule has 7 heteroatoms. The van der Waals surface area contributed by atoms with E-state index in [4.69, 9.17) is 25.5 Å². The number of hydrogen-bond donors (Lipinski definition) is 1. The summed E-state index contributed by atoms with van der Waals surface area (Å²) < 4.78 is 15.0. The van der Waals surface area contributed by atoms with Gasteiger partial charge in [0.2, 0.25) is 0 Å². The lowest BCUT2D eigenvalue weighted by Gasteiger charge is -2.19. The quantitative estimate of drug-likeness (QED) is 0.908. The zero-order chi connectivity index (χ0) is 16.5. The monoisotopic (exact) mass is 325 g/mol. The molecule has 0 radical (unpaired) electrons. The molecule has 0 atom stereocenters. The van der Waals surface area contributed by atoms with Crippen LogP contribution in [0.2, 0.25) is 5.02 Å². The van der Waals surface area contributed by atoms with Gasteiger partial charge in [-0.1, -0.05) is 17.7 Å². The topological polar surface area (TPSA) is 77.8 Å². The van der Waals surface area contributed by atoms with Gasteiger partial charge in [0, 0.05) is 11.1 Å². The number of methoxy groups -OCH3 is 1. The molecule has 6 nitrogen and oxygen atoms in total. The molecule has 1 N–H and O–H groups in total. The van der Waals surface area contributed by atoms with Crippen molar-refractivity contribution < 1.29 is 18.7 Å². The summed E-state index contributed by atoms with van der Waals surface area (Å²) in [5.41, 5.74) is -0.823. The molecule has 0 unspecified atom stereocenters. The second kappa shape index (κ2) is 5.88. The minimum atomic E-state index is -0.615. The third-order valence-corrected chi connectivity index (χ3v) is 3.03. The van der Waals surface area contributed by atoms with Crippen molar-refractivity contribution in [1.29, 1.82) is 0 Å². The van der Waals surface area contributed by atoms with Crippen LogP contribution in [0.5, 0.6) is 5.95 Å². The number of anilines is 1. The van der Waals surface area contributed by atoms with Gasteiger partial charge in [-0.25, -0.2) is 9.59 Å². The summed E-state index contributed by atoms with van der Waals surface area (Å²) in [6.07, 6.45) is -0.615. The van der Waals surface area contributed by atoms with Crippen LogP contribution in [-0.4, -0.2) is 18.8 Å². The average Bonchev–Trinajstić information content (AvgIpc) is 2.40. The molecule has 0 saturated carbocycles. The summed E-state index contributed by atoms with van der Waals surface area (Å²) in [7, 11) is 1.36. The molecule has 22 heavy (non-hydrogen) atoms. The van der Waals surface area contributed by atoms with Gasteiger partial charge in [-0.15, -0.1) is 0 Å². The van der Waals surface area contributed by atoms with E-state index in [1.165, 1.54) is 13.2 Å². The Morgan fingerprint density at radius 1 is 1.27 bits per heavy atom. The number of rotatable bonds is 2. The lowest BCUT2D eigenvalue weighted by atomic mass is 10.1. The van der Waals surface area contributed by atoms with Crippen LogP contribution in [0.4, 0.5) is 10.5 Å². The van der Waals surface area contributed by atoms with Gasteiger partial charge in [0.15, 0.2) is 0 Å². The highest BCUT2D eigenvalue weighted by Crippen LogP contribution is 2.31. The predicted octanol–water partition coefficient (Wildman–Crippen LogP) is 3.80. The number of halogens is 1. The normalized spacial score (nSPS) is 11.3. The van der Waals surface area contributed by atoms with Crippen molar-refractivity contribution in [2.45, 2.75) is 26.4 Å². The van der Waals surface area contributed by atoms with E-state index >= 15 is 0 Å². The van der Waals surface area contributed by atoms with Gasteiger partial charge in [0.25, 0.3) is 0 Å². The highest BCUT2D eigenvalue weighted by Gasteiger charge is 2.17. The van der Waals surface area contributed by atoms with Crippen LogP contribution in [-0.2, 0) is 4.74 Å². The van der Waals surface area contributed by atoms with Crippen LogP contribution < -0.4 is 15.7 Å². The van der Waals surface area contributed by atoms with E-state index in [9.17, 15) is 9.59 Å². The molecule has 0 aliphatic heterocycles. The first-order valence-corrected chi connectivity index (χ1v) is 6.89. The second-order valence-corrected chi connectivity index (χ2v) is 5.96. The summed E-state index contributed by atoms with van der Waals surface area (Å²) in [5, 5.41) is 3.46. The van der Waals surface area contributed by atoms with Gasteiger partial charge < -0.3 is 13.9 Å². The van der Waals surface area contributed by atoms with Gasteiger partial charge in [-0.2, -0.15) is 0 Å². The third-order valence-electron chi connectivity index (χ3n) is 2.67. The first-order chi connectivity index (χ1) is 10.2.